The second-order valence-corrected chi connectivity index (χ2v) is 5.88. The highest BCUT2D eigenvalue weighted by Crippen LogP contribution is 2.29. The summed E-state index contributed by atoms with van der Waals surface area (Å²) in [4.78, 5) is 14.3. The zero-order valence-corrected chi connectivity index (χ0v) is 12.2. The molecule has 0 saturated carbocycles. The van der Waals surface area contributed by atoms with Gasteiger partial charge in [-0.2, -0.15) is 0 Å². The van der Waals surface area contributed by atoms with Gasteiger partial charge in [0.25, 0.3) is 5.91 Å². The first-order valence-electron chi connectivity index (χ1n) is 6.97. The summed E-state index contributed by atoms with van der Waals surface area (Å²) in [6.45, 7) is 8.17. The third kappa shape index (κ3) is 2.68. The number of amides is 1. The van der Waals surface area contributed by atoms with E-state index in [1.807, 2.05) is 13.8 Å². The van der Waals surface area contributed by atoms with Gasteiger partial charge in [-0.1, -0.05) is 6.92 Å². The quantitative estimate of drug-likeness (QED) is 0.913. The lowest BCUT2D eigenvalue weighted by Gasteiger charge is -2.33. The van der Waals surface area contributed by atoms with E-state index in [2.05, 4.69) is 0 Å². The number of furan rings is 1. The topological polar surface area (TPSA) is 53.7 Å². The minimum atomic E-state index is -0.874. The molecule has 2 heterocycles. The number of likely N-dealkylation sites (tertiary alicyclic amines) is 1. The molecule has 0 bridgehead atoms. The van der Waals surface area contributed by atoms with E-state index in [0.29, 0.717) is 12.3 Å². The summed E-state index contributed by atoms with van der Waals surface area (Å²) < 4.78 is 5.63. The van der Waals surface area contributed by atoms with Crippen molar-refractivity contribution >= 4 is 5.91 Å². The predicted molar refractivity (Wildman–Crippen MR) is 73.2 cm³/mol. The molecule has 1 unspecified atom stereocenters. The first-order chi connectivity index (χ1) is 8.84. The lowest BCUT2D eigenvalue weighted by Crippen LogP contribution is -2.48. The third-order valence-corrected chi connectivity index (χ3v) is 3.88. The zero-order valence-electron chi connectivity index (χ0n) is 12.2. The SMILES string of the molecule is CCc1oc(C(=O)N2CCCC2C(C)(C)O)cc1C. The molecule has 0 radical (unpaired) electrons. The molecule has 106 valence electrons. The third-order valence-electron chi connectivity index (χ3n) is 3.88. The van der Waals surface area contributed by atoms with Crippen LogP contribution in [0, 0.1) is 6.92 Å². The Balaban J connectivity index is 2.23. The molecule has 1 aromatic heterocycles. The predicted octanol–water partition coefficient (Wildman–Crippen LogP) is 2.53. The normalized spacial score (nSPS) is 20.1. The fraction of sp³-hybridized carbons (Fsp3) is 0.667. The van der Waals surface area contributed by atoms with E-state index in [-0.39, 0.29) is 11.9 Å². The van der Waals surface area contributed by atoms with Crippen LogP contribution in [0.2, 0.25) is 0 Å². The fourth-order valence-corrected chi connectivity index (χ4v) is 2.86. The van der Waals surface area contributed by atoms with Crippen LogP contribution in [0.1, 0.15) is 55.5 Å². The van der Waals surface area contributed by atoms with Crippen LogP contribution in [0.4, 0.5) is 0 Å². The van der Waals surface area contributed by atoms with Crippen molar-refractivity contribution in [2.75, 3.05) is 6.54 Å². The standard InChI is InChI=1S/C15H23NO3/c1-5-11-10(2)9-12(19-11)14(17)16-8-6-7-13(16)15(3,4)18/h9,13,18H,5-8H2,1-4H3. The first kappa shape index (κ1) is 14.1. The minimum absolute atomic E-state index is 0.104. The molecule has 19 heavy (non-hydrogen) atoms. The molecule has 1 atom stereocenters. The van der Waals surface area contributed by atoms with Crippen molar-refractivity contribution in [2.45, 2.75) is 58.6 Å². The number of carbonyl (C=O) groups excluding carboxylic acids is 1. The van der Waals surface area contributed by atoms with Crippen LogP contribution >= 0.6 is 0 Å². The lowest BCUT2D eigenvalue weighted by molar-refractivity contribution is -0.000804. The Kier molecular flexibility index (Phi) is 3.72. The van der Waals surface area contributed by atoms with E-state index >= 15 is 0 Å². The maximum absolute atomic E-state index is 12.5. The summed E-state index contributed by atoms with van der Waals surface area (Å²) in [6, 6.07) is 1.68. The molecule has 1 N–H and O–H groups in total. The molecule has 0 aromatic carbocycles. The van der Waals surface area contributed by atoms with Crippen molar-refractivity contribution in [2.24, 2.45) is 0 Å². The van der Waals surface area contributed by atoms with Gasteiger partial charge in [-0.3, -0.25) is 4.79 Å². The molecule has 4 nitrogen and oxygen atoms in total. The smallest absolute Gasteiger partial charge is 0.289 e. The number of hydrogen-bond donors (Lipinski definition) is 1. The second kappa shape index (κ2) is 5.00. The van der Waals surface area contributed by atoms with Crippen LogP contribution < -0.4 is 0 Å². The average Bonchev–Trinajstić information content (AvgIpc) is 2.93. The largest absolute Gasteiger partial charge is 0.456 e. The van der Waals surface area contributed by atoms with Crippen molar-refractivity contribution in [3.8, 4) is 0 Å². The van der Waals surface area contributed by atoms with E-state index < -0.39 is 5.60 Å². The Hall–Kier alpha value is -1.29. The Bertz CT molecular complexity index is 470. The highest BCUT2D eigenvalue weighted by atomic mass is 16.4. The molecular weight excluding hydrogens is 242 g/mol. The number of hydrogen-bond acceptors (Lipinski definition) is 3. The summed E-state index contributed by atoms with van der Waals surface area (Å²) in [5, 5.41) is 10.2. The molecule has 1 saturated heterocycles. The van der Waals surface area contributed by atoms with Gasteiger partial charge in [0.2, 0.25) is 0 Å². The van der Waals surface area contributed by atoms with Crippen molar-refractivity contribution in [1.82, 2.24) is 4.90 Å². The van der Waals surface area contributed by atoms with Gasteiger partial charge < -0.3 is 14.4 Å². The van der Waals surface area contributed by atoms with Crippen LogP contribution in [0.15, 0.2) is 10.5 Å². The monoisotopic (exact) mass is 265 g/mol. The van der Waals surface area contributed by atoms with Gasteiger partial charge >= 0.3 is 0 Å². The second-order valence-electron chi connectivity index (χ2n) is 5.88. The maximum atomic E-state index is 12.5. The van der Waals surface area contributed by atoms with E-state index in [0.717, 1.165) is 30.6 Å². The number of aliphatic hydroxyl groups is 1. The van der Waals surface area contributed by atoms with Crippen LogP contribution in [0.25, 0.3) is 0 Å². The summed E-state index contributed by atoms with van der Waals surface area (Å²) in [5.41, 5.74) is 0.145. The van der Waals surface area contributed by atoms with Crippen LogP contribution in [-0.4, -0.2) is 34.1 Å². The van der Waals surface area contributed by atoms with E-state index in [1.165, 1.54) is 0 Å². The Morgan fingerprint density at radius 3 is 2.79 bits per heavy atom. The summed E-state index contributed by atoms with van der Waals surface area (Å²) in [6.07, 6.45) is 2.56. The molecular formula is C15H23NO3. The summed E-state index contributed by atoms with van der Waals surface area (Å²) >= 11 is 0. The molecule has 0 spiro atoms. The van der Waals surface area contributed by atoms with E-state index in [4.69, 9.17) is 4.42 Å². The highest BCUT2D eigenvalue weighted by Gasteiger charge is 2.39. The summed E-state index contributed by atoms with van der Waals surface area (Å²) in [5.74, 6) is 1.15. The Morgan fingerprint density at radius 1 is 1.58 bits per heavy atom. The fourth-order valence-electron chi connectivity index (χ4n) is 2.86. The molecule has 1 aromatic rings. The molecule has 2 rings (SSSR count). The van der Waals surface area contributed by atoms with Gasteiger partial charge in [0.15, 0.2) is 5.76 Å². The van der Waals surface area contributed by atoms with Gasteiger partial charge in [-0.05, 0) is 45.2 Å². The molecule has 1 aliphatic heterocycles. The number of nitrogens with zero attached hydrogens (tertiary/aromatic N) is 1. The highest BCUT2D eigenvalue weighted by molar-refractivity contribution is 5.92. The Morgan fingerprint density at radius 2 is 2.26 bits per heavy atom. The van der Waals surface area contributed by atoms with E-state index in [9.17, 15) is 9.90 Å². The molecule has 1 aliphatic rings. The first-order valence-corrected chi connectivity index (χ1v) is 6.97. The van der Waals surface area contributed by atoms with Gasteiger partial charge in [0.05, 0.1) is 11.6 Å². The molecule has 1 amide bonds. The molecule has 1 fully saturated rings. The minimum Gasteiger partial charge on any atom is -0.456 e. The van der Waals surface area contributed by atoms with Crippen molar-refractivity contribution < 1.29 is 14.3 Å². The van der Waals surface area contributed by atoms with Gasteiger partial charge in [0, 0.05) is 13.0 Å². The number of carbonyl (C=O) groups is 1. The van der Waals surface area contributed by atoms with Crippen LogP contribution in [-0.2, 0) is 6.42 Å². The molecule has 0 aliphatic carbocycles. The van der Waals surface area contributed by atoms with Gasteiger partial charge in [0.1, 0.15) is 5.76 Å². The van der Waals surface area contributed by atoms with Gasteiger partial charge in [-0.15, -0.1) is 0 Å². The summed E-state index contributed by atoms with van der Waals surface area (Å²) in [7, 11) is 0. The van der Waals surface area contributed by atoms with Crippen LogP contribution in [0.3, 0.4) is 0 Å². The number of rotatable bonds is 3. The van der Waals surface area contributed by atoms with Crippen molar-refractivity contribution in [3.63, 3.8) is 0 Å². The molecule has 4 heteroatoms. The van der Waals surface area contributed by atoms with Crippen LogP contribution in [0.5, 0.6) is 0 Å². The Labute approximate surface area is 114 Å². The van der Waals surface area contributed by atoms with Crippen molar-refractivity contribution in [3.05, 3.63) is 23.2 Å². The average molecular weight is 265 g/mol. The van der Waals surface area contributed by atoms with Crippen molar-refractivity contribution in [1.29, 1.82) is 0 Å². The lowest BCUT2D eigenvalue weighted by atomic mass is 9.96. The number of aryl methyl sites for hydroxylation is 2. The zero-order chi connectivity index (χ0) is 14.2. The maximum Gasteiger partial charge on any atom is 0.289 e. The van der Waals surface area contributed by atoms with Gasteiger partial charge in [-0.25, -0.2) is 0 Å². The van der Waals surface area contributed by atoms with E-state index in [1.54, 1.807) is 24.8 Å².